The molecule has 3 heteroatoms. The SMILES string of the molecule is CNC(NN)c1ccc(C(C)(C)C)cc1. The molecule has 4 N–H and O–H groups in total. The van der Waals surface area contributed by atoms with Gasteiger partial charge in [-0.2, -0.15) is 0 Å². The summed E-state index contributed by atoms with van der Waals surface area (Å²) >= 11 is 0. The predicted molar refractivity (Wildman–Crippen MR) is 64.3 cm³/mol. The van der Waals surface area contributed by atoms with E-state index in [9.17, 15) is 0 Å². The largest absolute Gasteiger partial charge is 0.300 e. The average molecular weight is 207 g/mol. The second-order valence-electron chi connectivity index (χ2n) is 4.76. The third-order valence-corrected chi connectivity index (χ3v) is 2.57. The van der Waals surface area contributed by atoms with Crippen molar-refractivity contribution >= 4 is 0 Å². The lowest BCUT2D eigenvalue weighted by Crippen LogP contribution is -2.36. The number of benzene rings is 1. The van der Waals surface area contributed by atoms with Gasteiger partial charge in [0, 0.05) is 0 Å². The first-order valence-electron chi connectivity index (χ1n) is 5.23. The molecule has 0 radical (unpaired) electrons. The van der Waals surface area contributed by atoms with Gasteiger partial charge in [0.15, 0.2) is 0 Å². The molecule has 3 nitrogen and oxygen atoms in total. The summed E-state index contributed by atoms with van der Waals surface area (Å²) in [5.41, 5.74) is 5.39. The third kappa shape index (κ3) is 3.02. The van der Waals surface area contributed by atoms with Crippen LogP contribution in [0.5, 0.6) is 0 Å². The van der Waals surface area contributed by atoms with E-state index in [0.29, 0.717) is 0 Å². The Hall–Kier alpha value is -0.900. The smallest absolute Gasteiger partial charge is 0.0958 e. The van der Waals surface area contributed by atoms with Crippen LogP contribution in [0.2, 0.25) is 0 Å². The highest BCUT2D eigenvalue weighted by molar-refractivity contribution is 5.28. The van der Waals surface area contributed by atoms with Crippen molar-refractivity contribution in [1.29, 1.82) is 0 Å². The standard InChI is InChI=1S/C12H21N3/c1-12(2,3)10-7-5-9(6-8-10)11(14-4)15-13/h5-8,11,14-15H,13H2,1-4H3. The lowest BCUT2D eigenvalue weighted by molar-refractivity contribution is 0.488. The van der Waals surface area contributed by atoms with E-state index in [-0.39, 0.29) is 11.6 Å². The van der Waals surface area contributed by atoms with Gasteiger partial charge in [-0.05, 0) is 23.6 Å². The minimum absolute atomic E-state index is 0.0130. The zero-order chi connectivity index (χ0) is 11.5. The molecule has 0 aliphatic carbocycles. The van der Waals surface area contributed by atoms with Crippen molar-refractivity contribution in [2.24, 2.45) is 5.84 Å². The highest BCUT2D eigenvalue weighted by Gasteiger charge is 2.14. The van der Waals surface area contributed by atoms with Crippen molar-refractivity contribution in [2.45, 2.75) is 32.4 Å². The van der Waals surface area contributed by atoms with Gasteiger partial charge in [0.2, 0.25) is 0 Å². The van der Waals surface area contributed by atoms with Crippen LogP contribution >= 0.6 is 0 Å². The van der Waals surface area contributed by atoms with Crippen molar-refractivity contribution in [3.05, 3.63) is 35.4 Å². The second kappa shape index (κ2) is 4.75. The van der Waals surface area contributed by atoms with Crippen LogP contribution in [0.25, 0.3) is 0 Å². The number of hydrazine groups is 1. The molecule has 0 aromatic heterocycles. The van der Waals surface area contributed by atoms with Crippen molar-refractivity contribution in [2.75, 3.05) is 7.05 Å². The van der Waals surface area contributed by atoms with Crippen LogP contribution in [0.1, 0.15) is 38.1 Å². The molecule has 0 saturated heterocycles. The summed E-state index contributed by atoms with van der Waals surface area (Å²) in [6.45, 7) is 6.62. The van der Waals surface area contributed by atoms with Gasteiger partial charge in [-0.25, -0.2) is 5.43 Å². The monoisotopic (exact) mass is 207 g/mol. The molecule has 1 rings (SSSR count). The zero-order valence-electron chi connectivity index (χ0n) is 9.96. The fraction of sp³-hybridized carbons (Fsp3) is 0.500. The summed E-state index contributed by atoms with van der Waals surface area (Å²) in [4.78, 5) is 0. The van der Waals surface area contributed by atoms with Crippen LogP contribution in [-0.2, 0) is 5.41 Å². The lowest BCUT2D eigenvalue weighted by atomic mass is 9.86. The zero-order valence-corrected chi connectivity index (χ0v) is 9.96. The van der Waals surface area contributed by atoms with Crippen LogP contribution < -0.4 is 16.6 Å². The highest BCUT2D eigenvalue weighted by atomic mass is 15.3. The van der Waals surface area contributed by atoms with E-state index in [1.54, 1.807) is 0 Å². The maximum atomic E-state index is 5.43. The molecule has 0 amide bonds. The summed E-state index contributed by atoms with van der Waals surface area (Å²) in [6, 6.07) is 8.50. The maximum Gasteiger partial charge on any atom is 0.0958 e. The number of hydrogen-bond acceptors (Lipinski definition) is 3. The minimum Gasteiger partial charge on any atom is -0.300 e. The first-order chi connectivity index (χ1) is 6.99. The average Bonchev–Trinajstić information content (AvgIpc) is 2.19. The summed E-state index contributed by atoms with van der Waals surface area (Å²) in [7, 11) is 1.88. The molecular weight excluding hydrogens is 186 g/mol. The molecule has 0 saturated carbocycles. The quantitative estimate of drug-likeness (QED) is 0.401. The fourth-order valence-corrected chi connectivity index (χ4v) is 1.52. The summed E-state index contributed by atoms with van der Waals surface area (Å²) < 4.78 is 0. The van der Waals surface area contributed by atoms with E-state index >= 15 is 0 Å². The molecule has 0 bridgehead atoms. The van der Waals surface area contributed by atoms with Crippen LogP contribution in [-0.4, -0.2) is 7.05 Å². The van der Waals surface area contributed by atoms with Gasteiger partial charge >= 0.3 is 0 Å². The molecule has 0 heterocycles. The van der Waals surface area contributed by atoms with E-state index in [4.69, 9.17) is 5.84 Å². The molecule has 84 valence electrons. The van der Waals surface area contributed by atoms with Crippen molar-refractivity contribution in [1.82, 2.24) is 10.7 Å². The van der Waals surface area contributed by atoms with Gasteiger partial charge in [0.1, 0.15) is 0 Å². The Balaban J connectivity index is 2.89. The summed E-state index contributed by atoms with van der Waals surface area (Å²) in [5.74, 6) is 5.43. The molecule has 1 unspecified atom stereocenters. The molecule has 0 fully saturated rings. The minimum atomic E-state index is 0.0130. The topological polar surface area (TPSA) is 50.1 Å². The van der Waals surface area contributed by atoms with E-state index in [1.165, 1.54) is 5.56 Å². The predicted octanol–water partition coefficient (Wildman–Crippen LogP) is 1.67. The molecule has 0 spiro atoms. The van der Waals surface area contributed by atoms with Crippen molar-refractivity contribution in [3.8, 4) is 0 Å². The van der Waals surface area contributed by atoms with Gasteiger partial charge in [-0.1, -0.05) is 45.0 Å². The van der Waals surface area contributed by atoms with Gasteiger partial charge in [0.05, 0.1) is 6.17 Å². The van der Waals surface area contributed by atoms with Crippen molar-refractivity contribution in [3.63, 3.8) is 0 Å². The molecule has 15 heavy (non-hydrogen) atoms. The first kappa shape index (κ1) is 12.2. The Labute approximate surface area is 92.0 Å². The van der Waals surface area contributed by atoms with Crippen molar-refractivity contribution < 1.29 is 0 Å². The summed E-state index contributed by atoms with van der Waals surface area (Å²) in [6.07, 6.45) is 0.0130. The maximum absolute atomic E-state index is 5.43. The van der Waals surface area contributed by atoms with Gasteiger partial charge in [0.25, 0.3) is 0 Å². The second-order valence-corrected chi connectivity index (χ2v) is 4.76. The van der Waals surface area contributed by atoms with E-state index in [0.717, 1.165) is 5.56 Å². The number of rotatable bonds is 3. The van der Waals surface area contributed by atoms with Crippen LogP contribution in [0.3, 0.4) is 0 Å². The van der Waals surface area contributed by atoms with Gasteiger partial charge < -0.3 is 5.32 Å². The van der Waals surface area contributed by atoms with Crippen LogP contribution in [0, 0.1) is 0 Å². The number of hydrogen-bond donors (Lipinski definition) is 3. The Morgan fingerprint density at radius 1 is 1.13 bits per heavy atom. The number of nitrogens with one attached hydrogen (secondary N) is 2. The van der Waals surface area contributed by atoms with E-state index < -0.39 is 0 Å². The Kier molecular flexibility index (Phi) is 3.85. The molecule has 1 aromatic carbocycles. The Morgan fingerprint density at radius 3 is 2.00 bits per heavy atom. The molecule has 1 atom stereocenters. The molecule has 0 aliphatic rings. The van der Waals surface area contributed by atoms with E-state index in [2.05, 4.69) is 55.8 Å². The molecule has 1 aromatic rings. The fourth-order valence-electron chi connectivity index (χ4n) is 1.52. The molecular formula is C12H21N3. The first-order valence-corrected chi connectivity index (χ1v) is 5.23. The van der Waals surface area contributed by atoms with Gasteiger partial charge in [-0.3, -0.25) is 5.84 Å². The van der Waals surface area contributed by atoms with Crippen LogP contribution in [0.15, 0.2) is 24.3 Å². The highest BCUT2D eigenvalue weighted by Crippen LogP contribution is 2.23. The Morgan fingerprint density at radius 2 is 1.67 bits per heavy atom. The number of nitrogens with two attached hydrogens (primary N) is 1. The molecule has 0 aliphatic heterocycles. The van der Waals surface area contributed by atoms with Gasteiger partial charge in [-0.15, -0.1) is 0 Å². The lowest BCUT2D eigenvalue weighted by Gasteiger charge is -2.21. The summed E-state index contributed by atoms with van der Waals surface area (Å²) in [5, 5.41) is 3.09. The van der Waals surface area contributed by atoms with Crippen LogP contribution in [0.4, 0.5) is 0 Å². The normalized spacial score (nSPS) is 13.9. The Bertz CT molecular complexity index is 294. The third-order valence-electron chi connectivity index (χ3n) is 2.57. The van der Waals surface area contributed by atoms with E-state index in [1.807, 2.05) is 7.05 Å².